The van der Waals surface area contributed by atoms with Crippen molar-refractivity contribution < 1.29 is 4.79 Å². The lowest BCUT2D eigenvalue weighted by molar-refractivity contribution is 0.0938. The Labute approximate surface area is 129 Å². The molecule has 2 N–H and O–H groups in total. The molecule has 0 saturated heterocycles. The average Bonchev–Trinajstić information content (AvgIpc) is 2.85. The third-order valence-electron chi connectivity index (χ3n) is 3.43. The van der Waals surface area contributed by atoms with Crippen LogP contribution in [0.1, 0.15) is 36.5 Å². The molecule has 2 unspecified atom stereocenters. The maximum Gasteiger partial charge on any atom is 0.251 e. The second kappa shape index (κ2) is 7.18. The molecule has 0 aromatic carbocycles. The van der Waals surface area contributed by atoms with Crippen LogP contribution >= 0.6 is 23.4 Å². The molecule has 1 aromatic rings. The fourth-order valence-corrected chi connectivity index (χ4v) is 3.83. The van der Waals surface area contributed by atoms with Crippen molar-refractivity contribution in [3.63, 3.8) is 0 Å². The highest BCUT2D eigenvalue weighted by atomic mass is 35.5. The van der Waals surface area contributed by atoms with Gasteiger partial charge in [-0.1, -0.05) is 18.5 Å². The number of nitrogens with one attached hydrogen (secondary N) is 2. The van der Waals surface area contributed by atoms with Crippen molar-refractivity contribution in [2.75, 3.05) is 18.1 Å². The molecule has 4 nitrogen and oxygen atoms in total. The van der Waals surface area contributed by atoms with Gasteiger partial charge in [0.1, 0.15) is 11.0 Å². The van der Waals surface area contributed by atoms with E-state index in [4.69, 9.17) is 11.6 Å². The first kappa shape index (κ1) is 15.4. The summed E-state index contributed by atoms with van der Waals surface area (Å²) in [6.07, 6.45) is 3.30. The fourth-order valence-electron chi connectivity index (χ4n) is 2.48. The number of amides is 1. The highest BCUT2D eigenvalue weighted by Gasteiger charge is 2.26. The van der Waals surface area contributed by atoms with Crippen LogP contribution in [-0.2, 0) is 0 Å². The van der Waals surface area contributed by atoms with Crippen LogP contribution in [0.2, 0.25) is 5.15 Å². The van der Waals surface area contributed by atoms with Gasteiger partial charge in [0.2, 0.25) is 0 Å². The SMILES string of the molecule is CCSC1CCC(NC(=O)c2cc(Cl)nc(NC)c2)C1. The number of aromatic nitrogens is 1. The van der Waals surface area contributed by atoms with Crippen molar-refractivity contribution in [3.8, 4) is 0 Å². The minimum absolute atomic E-state index is 0.0713. The van der Waals surface area contributed by atoms with Gasteiger partial charge in [0.05, 0.1) is 0 Å². The fraction of sp³-hybridized carbons (Fsp3) is 0.571. The van der Waals surface area contributed by atoms with E-state index in [-0.39, 0.29) is 11.9 Å². The molecule has 1 aliphatic rings. The second-order valence-electron chi connectivity index (χ2n) is 4.87. The van der Waals surface area contributed by atoms with E-state index < -0.39 is 0 Å². The Bertz CT molecular complexity index is 483. The van der Waals surface area contributed by atoms with Crippen molar-refractivity contribution in [1.29, 1.82) is 0 Å². The van der Waals surface area contributed by atoms with Gasteiger partial charge < -0.3 is 10.6 Å². The molecule has 2 atom stereocenters. The lowest BCUT2D eigenvalue weighted by atomic mass is 10.2. The molecule has 0 aliphatic heterocycles. The zero-order valence-corrected chi connectivity index (χ0v) is 13.4. The average molecular weight is 314 g/mol. The van der Waals surface area contributed by atoms with Gasteiger partial charge in [-0.25, -0.2) is 4.98 Å². The monoisotopic (exact) mass is 313 g/mol. The molecular weight excluding hydrogens is 294 g/mol. The van der Waals surface area contributed by atoms with Crippen LogP contribution in [-0.4, -0.2) is 35.0 Å². The van der Waals surface area contributed by atoms with E-state index >= 15 is 0 Å². The summed E-state index contributed by atoms with van der Waals surface area (Å²) in [5.74, 6) is 1.67. The maximum absolute atomic E-state index is 12.3. The number of halogens is 1. The van der Waals surface area contributed by atoms with E-state index in [1.54, 1.807) is 19.2 Å². The Morgan fingerprint density at radius 1 is 1.50 bits per heavy atom. The van der Waals surface area contributed by atoms with Gasteiger partial charge in [0.25, 0.3) is 5.91 Å². The maximum atomic E-state index is 12.3. The Hall–Kier alpha value is -0.940. The van der Waals surface area contributed by atoms with Crippen molar-refractivity contribution in [2.24, 2.45) is 0 Å². The molecule has 2 rings (SSSR count). The summed E-state index contributed by atoms with van der Waals surface area (Å²) in [4.78, 5) is 16.3. The van der Waals surface area contributed by atoms with Crippen LogP contribution < -0.4 is 10.6 Å². The van der Waals surface area contributed by atoms with E-state index in [0.29, 0.717) is 21.8 Å². The largest absolute Gasteiger partial charge is 0.373 e. The summed E-state index contributed by atoms with van der Waals surface area (Å²) in [5, 5.41) is 7.00. The third kappa shape index (κ3) is 4.03. The predicted octanol–water partition coefficient (Wildman–Crippen LogP) is 3.18. The number of pyridine rings is 1. The zero-order chi connectivity index (χ0) is 14.5. The van der Waals surface area contributed by atoms with E-state index in [1.807, 2.05) is 11.8 Å². The Morgan fingerprint density at radius 2 is 2.30 bits per heavy atom. The van der Waals surface area contributed by atoms with Gasteiger partial charge in [-0.15, -0.1) is 0 Å². The molecule has 1 aromatic heterocycles. The van der Waals surface area contributed by atoms with Crippen molar-refractivity contribution >= 4 is 35.1 Å². The van der Waals surface area contributed by atoms with Crippen LogP contribution in [0.15, 0.2) is 12.1 Å². The summed E-state index contributed by atoms with van der Waals surface area (Å²) in [6, 6.07) is 3.59. The Kier molecular flexibility index (Phi) is 5.54. The highest BCUT2D eigenvalue weighted by Crippen LogP contribution is 2.29. The first-order valence-corrected chi connectivity index (χ1v) is 8.32. The summed E-state index contributed by atoms with van der Waals surface area (Å²) in [7, 11) is 1.75. The lowest BCUT2D eigenvalue weighted by Gasteiger charge is -2.13. The normalized spacial score (nSPS) is 21.8. The number of carbonyl (C=O) groups excluding carboxylic acids is 1. The zero-order valence-electron chi connectivity index (χ0n) is 11.8. The van der Waals surface area contributed by atoms with Gasteiger partial charge in [0, 0.05) is 23.9 Å². The Morgan fingerprint density at radius 3 is 3.00 bits per heavy atom. The van der Waals surface area contributed by atoms with Crippen LogP contribution in [0.3, 0.4) is 0 Å². The molecule has 0 bridgehead atoms. The molecule has 20 heavy (non-hydrogen) atoms. The first-order valence-electron chi connectivity index (χ1n) is 6.90. The smallest absolute Gasteiger partial charge is 0.251 e. The van der Waals surface area contributed by atoms with Crippen LogP contribution in [0.5, 0.6) is 0 Å². The predicted molar refractivity (Wildman–Crippen MR) is 85.8 cm³/mol. The van der Waals surface area contributed by atoms with Crippen molar-refractivity contribution in [2.45, 2.75) is 37.5 Å². The molecule has 1 saturated carbocycles. The van der Waals surface area contributed by atoms with Gasteiger partial charge in [0.15, 0.2) is 0 Å². The van der Waals surface area contributed by atoms with E-state index in [9.17, 15) is 4.79 Å². The van der Waals surface area contributed by atoms with Crippen LogP contribution in [0.25, 0.3) is 0 Å². The number of hydrogen-bond acceptors (Lipinski definition) is 4. The molecule has 110 valence electrons. The van der Waals surface area contributed by atoms with Gasteiger partial charge in [-0.2, -0.15) is 11.8 Å². The summed E-state index contributed by atoms with van der Waals surface area (Å²) in [5.41, 5.74) is 0.556. The molecule has 1 amide bonds. The van der Waals surface area contributed by atoms with E-state index in [2.05, 4.69) is 22.5 Å². The van der Waals surface area contributed by atoms with Crippen molar-refractivity contribution in [3.05, 3.63) is 22.8 Å². The number of nitrogens with zero attached hydrogens (tertiary/aromatic N) is 1. The summed E-state index contributed by atoms with van der Waals surface area (Å²) in [6.45, 7) is 2.18. The molecule has 1 aliphatic carbocycles. The Balaban J connectivity index is 1.97. The van der Waals surface area contributed by atoms with Crippen LogP contribution in [0.4, 0.5) is 5.82 Å². The number of rotatable bonds is 5. The van der Waals surface area contributed by atoms with Gasteiger partial charge >= 0.3 is 0 Å². The summed E-state index contributed by atoms with van der Waals surface area (Å²) < 4.78 is 0. The number of anilines is 1. The quantitative estimate of drug-likeness (QED) is 0.820. The molecule has 1 heterocycles. The van der Waals surface area contributed by atoms with Gasteiger partial charge in [-0.3, -0.25) is 4.79 Å². The van der Waals surface area contributed by atoms with E-state index in [1.165, 1.54) is 6.42 Å². The highest BCUT2D eigenvalue weighted by molar-refractivity contribution is 7.99. The second-order valence-corrected chi connectivity index (χ2v) is 6.84. The number of thioether (sulfide) groups is 1. The molecule has 6 heteroatoms. The van der Waals surface area contributed by atoms with Crippen LogP contribution in [0, 0.1) is 0 Å². The lowest BCUT2D eigenvalue weighted by Crippen LogP contribution is -2.33. The molecule has 1 fully saturated rings. The van der Waals surface area contributed by atoms with Gasteiger partial charge in [-0.05, 0) is 37.1 Å². The number of hydrogen-bond donors (Lipinski definition) is 2. The molecule has 0 spiro atoms. The minimum atomic E-state index is -0.0713. The van der Waals surface area contributed by atoms with Crippen molar-refractivity contribution in [1.82, 2.24) is 10.3 Å². The first-order chi connectivity index (χ1) is 9.62. The topological polar surface area (TPSA) is 54.0 Å². The van der Waals surface area contributed by atoms with E-state index in [0.717, 1.165) is 18.6 Å². The minimum Gasteiger partial charge on any atom is -0.373 e. The molecule has 0 radical (unpaired) electrons. The molecular formula is C14H20ClN3OS. The third-order valence-corrected chi connectivity index (χ3v) is 4.86. The summed E-state index contributed by atoms with van der Waals surface area (Å²) >= 11 is 7.90. The standard InChI is InChI=1S/C14H20ClN3OS/c1-3-20-11-5-4-10(8-11)17-14(19)9-6-12(15)18-13(7-9)16-2/h6-7,10-11H,3-5,8H2,1-2H3,(H,16,18)(H,17,19). The number of carbonyl (C=O) groups is 1.